The van der Waals surface area contributed by atoms with Gasteiger partial charge < -0.3 is 4.74 Å². The van der Waals surface area contributed by atoms with Gasteiger partial charge in [-0.25, -0.2) is 18.6 Å². The summed E-state index contributed by atoms with van der Waals surface area (Å²) in [6.45, 7) is 4.94. The van der Waals surface area contributed by atoms with Crippen LogP contribution < -0.4 is 10.3 Å². The average molecular weight is 341 g/mol. The third kappa shape index (κ3) is 5.16. The lowest BCUT2D eigenvalue weighted by Crippen LogP contribution is -2.44. The lowest BCUT2D eigenvalue weighted by molar-refractivity contribution is 0.0515. The van der Waals surface area contributed by atoms with Crippen LogP contribution in [0.5, 0.6) is 0 Å². The number of ether oxygens (including phenoxy) is 1. The van der Waals surface area contributed by atoms with Crippen molar-refractivity contribution in [2.75, 3.05) is 0 Å². The first-order chi connectivity index (χ1) is 9.01. The van der Waals surface area contributed by atoms with Crippen LogP contribution in [-0.4, -0.2) is 20.1 Å². The van der Waals surface area contributed by atoms with Crippen molar-refractivity contribution in [3.63, 3.8) is 0 Å². The maximum absolute atomic E-state index is 12.0. The molecule has 0 atom stereocenters. The van der Waals surface area contributed by atoms with Gasteiger partial charge in [-0.15, -0.1) is 4.83 Å². The molecule has 0 saturated carbocycles. The van der Waals surface area contributed by atoms with E-state index in [1.54, 1.807) is 20.8 Å². The predicted molar refractivity (Wildman–Crippen MR) is 76.2 cm³/mol. The minimum atomic E-state index is -4.04. The summed E-state index contributed by atoms with van der Waals surface area (Å²) in [6, 6.07) is 3.96. The zero-order chi connectivity index (χ0) is 15.6. The SMILES string of the molecule is CC(C)(C)OC(=O)NNS(=O)(=O)c1cc(Cl)ccc1Cl. The molecule has 0 radical (unpaired) electrons. The second-order valence-corrected chi connectivity index (χ2v) is 7.30. The molecular weight excluding hydrogens is 327 g/mol. The average Bonchev–Trinajstić information content (AvgIpc) is 2.27. The van der Waals surface area contributed by atoms with Crippen molar-refractivity contribution < 1.29 is 17.9 Å². The lowest BCUT2D eigenvalue weighted by Gasteiger charge is -2.19. The zero-order valence-corrected chi connectivity index (χ0v) is 13.4. The van der Waals surface area contributed by atoms with Gasteiger partial charge in [-0.05, 0) is 39.0 Å². The van der Waals surface area contributed by atoms with Crippen molar-refractivity contribution >= 4 is 39.3 Å². The normalized spacial score (nSPS) is 12.1. The number of benzene rings is 1. The molecule has 0 aromatic heterocycles. The fraction of sp³-hybridized carbons (Fsp3) is 0.364. The van der Waals surface area contributed by atoms with Crippen LogP contribution in [0, 0.1) is 0 Å². The second kappa shape index (κ2) is 6.17. The molecule has 6 nitrogen and oxygen atoms in total. The summed E-state index contributed by atoms with van der Waals surface area (Å²) in [6.07, 6.45) is -0.931. The molecule has 1 aromatic carbocycles. The maximum Gasteiger partial charge on any atom is 0.423 e. The molecule has 9 heteroatoms. The van der Waals surface area contributed by atoms with Crippen molar-refractivity contribution in [2.24, 2.45) is 0 Å². The Morgan fingerprint density at radius 2 is 1.85 bits per heavy atom. The van der Waals surface area contributed by atoms with Crippen LogP contribution in [0.4, 0.5) is 4.79 Å². The fourth-order valence-electron chi connectivity index (χ4n) is 1.15. The summed E-state index contributed by atoms with van der Waals surface area (Å²) in [4.78, 5) is 13.0. The van der Waals surface area contributed by atoms with Crippen LogP contribution in [0.15, 0.2) is 23.1 Å². The van der Waals surface area contributed by atoms with E-state index in [0.717, 1.165) is 0 Å². The molecule has 0 fully saturated rings. The van der Waals surface area contributed by atoms with Crippen molar-refractivity contribution in [3.05, 3.63) is 28.2 Å². The van der Waals surface area contributed by atoms with Gasteiger partial charge in [0.15, 0.2) is 0 Å². The molecule has 112 valence electrons. The quantitative estimate of drug-likeness (QED) is 0.828. The predicted octanol–water partition coefficient (Wildman–Crippen LogP) is 2.71. The molecule has 1 rings (SSSR count). The molecule has 0 spiro atoms. The number of hydrazine groups is 1. The van der Waals surface area contributed by atoms with E-state index in [2.05, 4.69) is 0 Å². The number of rotatable bonds is 3. The van der Waals surface area contributed by atoms with E-state index < -0.39 is 21.7 Å². The Labute approximate surface area is 127 Å². The minimum Gasteiger partial charge on any atom is -0.443 e. The van der Waals surface area contributed by atoms with Crippen LogP contribution in [0.3, 0.4) is 0 Å². The largest absolute Gasteiger partial charge is 0.443 e. The number of nitrogens with one attached hydrogen (secondary N) is 2. The zero-order valence-electron chi connectivity index (χ0n) is 11.0. The topological polar surface area (TPSA) is 84.5 Å². The van der Waals surface area contributed by atoms with Crippen molar-refractivity contribution in [2.45, 2.75) is 31.3 Å². The molecule has 1 aromatic rings. The number of sulfonamides is 1. The van der Waals surface area contributed by atoms with Crippen LogP contribution in [-0.2, 0) is 14.8 Å². The van der Waals surface area contributed by atoms with E-state index in [9.17, 15) is 13.2 Å². The first-order valence-electron chi connectivity index (χ1n) is 5.47. The summed E-state index contributed by atoms with van der Waals surface area (Å²) >= 11 is 11.5. The van der Waals surface area contributed by atoms with Gasteiger partial charge >= 0.3 is 6.09 Å². The Bertz CT molecular complexity index is 611. The molecule has 2 N–H and O–H groups in total. The summed E-state index contributed by atoms with van der Waals surface area (Å²) in [5.74, 6) is 0. The van der Waals surface area contributed by atoms with E-state index in [-0.39, 0.29) is 14.9 Å². The van der Waals surface area contributed by atoms with E-state index in [1.165, 1.54) is 18.2 Å². The Morgan fingerprint density at radius 3 is 2.40 bits per heavy atom. The maximum atomic E-state index is 12.0. The first-order valence-corrected chi connectivity index (χ1v) is 7.71. The van der Waals surface area contributed by atoms with Gasteiger partial charge in [0.1, 0.15) is 10.5 Å². The van der Waals surface area contributed by atoms with Crippen molar-refractivity contribution in [1.29, 1.82) is 0 Å². The van der Waals surface area contributed by atoms with Gasteiger partial charge in [0.2, 0.25) is 0 Å². The van der Waals surface area contributed by atoms with Gasteiger partial charge in [-0.1, -0.05) is 23.2 Å². The second-order valence-electron chi connectivity index (χ2n) is 4.81. The van der Waals surface area contributed by atoms with Crippen LogP contribution in [0.1, 0.15) is 20.8 Å². The standard InChI is InChI=1S/C11H14Cl2N2O4S/c1-11(2,3)19-10(16)14-15-20(17,18)9-6-7(12)4-5-8(9)13/h4-6,15H,1-3H3,(H,14,16). The van der Waals surface area contributed by atoms with Gasteiger partial charge in [0, 0.05) is 5.02 Å². The Morgan fingerprint density at radius 1 is 1.25 bits per heavy atom. The molecular formula is C11H14Cl2N2O4S. The van der Waals surface area contributed by atoms with E-state index in [0.29, 0.717) is 0 Å². The first kappa shape index (κ1) is 17.0. The van der Waals surface area contributed by atoms with Gasteiger partial charge in [0.25, 0.3) is 10.0 Å². The molecule has 20 heavy (non-hydrogen) atoms. The Kier molecular flexibility index (Phi) is 5.26. The lowest BCUT2D eigenvalue weighted by atomic mass is 10.2. The molecule has 0 unspecified atom stereocenters. The number of hydrogen-bond acceptors (Lipinski definition) is 4. The monoisotopic (exact) mass is 340 g/mol. The highest BCUT2D eigenvalue weighted by Crippen LogP contribution is 2.24. The molecule has 0 heterocycles. The number of amides is 1. The van der Waals surface area contributed by atoms with Crippen molar-refractivity contribution in [3.8, 4) is 0 Å². The molecule has 0 aliphatic heterocycles. The molecule has 0 saturated heterocycles. The van der Waals surface area contributed by atoms with Crippen LogP contribution in [0.2, 0.25) is 10.0 Å². The third-order valence-corrected chi connectivity index (χ3v) is 3.83. The van der Waals surface area contributed by atoms with Gasteiger partial charge in [0.05, 0.1) is 5.02 Å². The number of carbonyl (C=O) groups is 1. The molecule has 0 bridgehead atoms. The highest BCUT2D eigenvalue weighted by Gasteiger charge is 2.21. The third-order valence-electron chi connectivity index (χ3n) is 1.87. The minimum absolute atomic E-state index is 0.0205. The van der Waals surface area contributed by atoms with Crippen molar-refractivity contribution in [1.82, 2.24) is 10.3 Å². The molecule has 0 aliphatic rings. The summed E-state index contributed by atoms with van der Waals surface area (Å²) in [7, 11) is -4.04. The van der Waals surface area contributed by atoms with Gasteiger partial charge in [-0.2, -0.15) is 0 Å². The smallest absolute Gasteiger partial charge is 0.423 e. The fourth-order valence-corrected chi connectivity index (χ4v) is 2.74. The van der Waals surface area contributed by atoms with Crippen LogP contribution >= 0.6 is 23.2 Å². The van der Waals surface area contributed by atoms with E-state index in [1.807, 2.05) is 10.3 Å². The van der Waals surface area contributed by atoms with E-state index in [4.69, 9.17) is 27.9 Å². The van der Waals surface area contributed by atoms with Gasteiger partial charge in [-0.3, -0.25) is 0 Å². The highest BCUT2D eigenvalue weighted by molar-refractivity contribution is 7.89. The number of hydrogen-bond donors (Lipinski definition) is 2. The summed E-state index contributed by atoms with van der Waals surface area (Å²) in [5.41, 5.74) is 1.18. The summed E-state index contributed by atoms with van der Waals surface area (Å²) < 4.78 is 28.8. The molecule has 0 aliphatic carbocycles. The summed E-state index contributed by atoms with van der Waals surface area (Å²) in [5, 5.41) is 0.180. The highest BCUT2D eigenvalue weighted by atomic mass is 35.5. The van der Waals surface area contributed by atoms with E-state index >= 15 is 0 Å². The number of halogens is 2. The Hall–Kier alpha value is -1.02. The Balaban J connectivity index is 2.81. The molecule has 1 amide bonds. The number of carbonyl (C=O) groups excluding carboxylic acids is 1. The van der Waals surface area contributed by atoms with Crippen LogP contribution in [0.25, 0.3) is 0 Å².